The van der Waals surface area contributed by atoms with Crippen molar-refractivity contribution in [1.29, 1.82) is 0 Å². The summed E-state index contributed by atoms with van der Waals surface area (Å²) in [5.74, 6) is -0.838. The van der Waals surface area contributed by atoms with Crippen LogP contribution in [0.15, 0.2) is 35.1 Å². The maximum Gasteiger partial charge on any atom is 0.315 e. The smallest absolute Gasteiger partial charge is 0.315 e. The average molecular weight is 389 g/mol. The molecule has 1 aliphatic rings. The fraction of sp³-hybridized carbons (Fsp3) is 0.333. The molecule has 2 N–H and O–H groups in total. The van der Waals surface area contributed by atoms with Gasteiger partial charge in [0, 0.05) is 11.8 Å². The van der Waals surface area contributed by atoms with E-state index in [0.29, 0.717) is 17.7 Å². The summed E-state index contributed by atoms with van der Waals surface area (Å²) in [4.78, 5) is 16.2. The standard InChI is InChI=1S/C18H17F2N5O3/c19-15(20)18-23-16(24-28-18)11-1-3-13-10(7-11)2-4-14(13)22-17(27)12-8-21-25(9-12)5-6-26/h1,3,7-9,14-15,26H,2,4-6H2,(H,22,27). The lowest BCUT2D eigenvalue weighted by atomic mass is 10.0. The van der Waals surface area contributed by atoms with Gasteiger partial charge in [-0.25, -0.2) is 0 Å². The number of benzene rings is 1. The zero-order valence-electron chi connectivity index (χ0n) is 14.7. The van der Waals surface area contributed by atoms with Crippen LogP contribution in [0, 0.1) is 0 Å². The van der Waals surface area contributed by atoms with Crippen LogP contribution < -0.4 is 5.32 Å². The van der Waals surface area contributed by atoms with Gasteiger partial charge >= 0.3 is 6.43 Å². The summed E-state index contributed by atoms with van der Waals surface area (Å²) in [5, 5.41) is 19.5. The van der Waals surface area contributed by atoms with E-state index >= 15 is 0 Å². The highest BCUT2D eigenvalue weighted by atomic mass is 19.3. The molecule has 1 aromatic carbocycles. The summed E-state index contributed by atoms with van der Waals surface area (Å²) < 4.78 is 31.3. The number of fused-ring (bicyclic) bond motifs is 1. The summed E-state index contributed by atoms with van der Waals surface area (Å²) in [6.07, 6.45) is 1.70. The zero-order chi connectivity index (χ0) is 19.7. The number of aliphatic hydroxyl groups is 1. The monoisotopic (exact) mass is 389 g/mol. The molecular weight excluding hydrogens is 372 g/mol. The van der Waals surface area contributed by atoms with Crippen molar-refractivity contribution in [3.05, 3.63) is 53.2 Å². The summed E-state index contributed by atoms with van der Waals surface area (Å²) in [7, 11) is 0. The highest BCUT2D eigenvalue weighted by Crippen LogP contribution is 2.34. The topological polar surface area (TPSA) is 106 Å². The Hall–Kier alpha value is -3.14. The predicted molar refractivity (Wildman–Crippen MR) is 92.5 cm³/mol. The minimum absolute atomic E-state index is 0.0553. The molecule has 0 saturated carbocycles. The second-order valence-corrected chi connectivity index (χ2v) is 6.45. The average Bonchev–Trinajstić information content (AvgIpc) is 3.41. The molecule has 1 unspecified atom stereocenters. The minimum atomic E-state index is -2.81. The molecule has 0 aliphatic heterocycles. The highest BCUT2D eigenvalue weighted by molar-refractivity contribution is 5.94. The van der Waals surface area contributed by atoms with E-state index in [1.165, 1.54) is 10.9 Å². The Labute approximate surface area is 158 Å². The van der Waals surface area contributed by atoms with Crippen molar-refractivity contribution < 1.29 is 23.2 Å². The van der Waals surface area contributed by atoms with Gasteiger partial charge in [-0.3, -0.25) is 9.48 Å². The first-order chi connectivity index (χ1) is 13.5. The van der Waals surface area contributed by atoms with Gasteiger partial charge in [-0.05, 0) is 30.0 Å². The fourth-order valence-electron chi connectivity index (χ4n) is 3.29. The van der Waals surface area contributed by atoms with Crippen LogP contribution in [-0.2, 0) is 13.0 Å². The minimum Gasteiger partial charge on any atom is -0.394 e. The second-order valence-electron chi connectivity index (χ2n) is 6.45. The van der Waals surface area contributed by atoms with Crippen LogP contribution in [0.4, 0.5) is 8.78 Å². The number of aliphatic hydroxyl groups excluding tert-OH is 1. The van der Waals surface area contributed by atoms with Gasteiger partial charge in [0.1, 0.15) is 0 Å². The van der Waals surface area contributed by atoms with Crippen molar-refractivity contribution in [2.24, 2.45) is 0 Å². The lowest BCUT2D eigenvalue weighted by Gasteiger charge is -2.13. The first kappa shape index (κ1) is 18.2. The van der Waals surface area contributed by atoms with Gasteiger partial charge in [-0.15, -0.1) is 0 Å². The number of nitrogens with one attached hydrogen (secondary N) is 1. The lowest BCUT2D eigenvalue weighted by Crippen LogP contribution is -2.26. The van der Waals surface area contributed by atoms with Crippen LogP contribution in [0.5, 0.6) is 0 Å². The molecule has 28 heavy (non-hydrogen) atoms. The van der Waals surface area contributed by atoms with Crippen LogP contribution in [-0.4, -0.2) is 37.5 Å². The molecule has 0 bridgehead atoms. The van der Waals surface area contributed by atoms with Gasteiger partial charge in [0.15, 0.2) is 0 Å². The summed E-state index contributed by atoms with van der Waals surface area (Å²) in [6, 6.07) is 5.25. The molecule has 146 valence electrons. The van der Waals surface area contributed by atoms with Crippen LogP contribution in [0.1, 0.15) is 46.3 Å². The molecule has 1 atom stereocenters. The van der Waals surface area contributed by atoms with Crippen LogP contribution >= 0.6 is 0 Å². The van der Waals surface area contributed by atoms with Crippen molar-refractivity contribution in [2.75, 3.05) is 6.61 Å². The normalized spacial score (nSPS) is 15.8. The number of nitrogens with zero attached hydrogens (tertiary/aromatic N) is 4. The van der Waals surface area contributed by atoms with Crippen molar-refractivity contribution in [1.82, 2.24) is 25.2 Å². The third-order valence-corrected chi connectivity index (χ3v) is 4.64. The molecule has 0 radical (unpaired) electrons. The summed E-state index contributed by atoms with van der Waals surface area (Å²) >= 11 is 0. The van der Waals surface area contributed by atoms with E-state index in [-0.39, 0.29) is 24.4 Å². The Morgan fingerprint density at radius 3 is 3.04 bits per heavy atom. The molecular formula is C18H17F2N5O3. The molecule has 0 fully saturated rings. The number of hydrogen-bond acceptors (Lipinski definition) is 6. The van der Waals surface area contributed by atoms with Gasteiger partial charge in [-0.1, -0.05) is 17.3 Å². The molecule has 8 nitrogen and oxygen atoms in total. The van der Waals surface area contributed by atoms with E-state index in [1.54, 1.807) is 12.3 Å². The van der Waals surface area contributed by atoms with Crippen LogP contribution in [0.3, 0.4) is 0 Å². The largest absolute Gasteiger partial charge is 0.394 e. The first-order valence-electron chi connectivity index (χ1n) is 8.74. The van der Waals surface area contributed by atoms with E-state index in [1.807, 2.05) is 12.1 Å². The third kappa shape index (κ3) is 3.50. The summed E-state index contributed by atoms with van der Waals surface area (Å²) in [6.45, 7) is 0.270. The second kappa shape index (κ2) is 7.47. The number of alkyl halides is 2. The SMILES string of the molecule is O=C(NC1CCc2cc(-c3noc(C(F)F)n3)ccc21)c1cnn(CCO)c1. The molecule has 2 heterocycles. The highest BCUT2D eigenvalue weighted by Gasteiger charge is 2.26. The molecule has 0 saturated heterocycles. The van der Waals surface area contributed by atoms with E-state index < -0.39 is 12.3 Å². The van der Waals surface area contributed by atoms with Crippen LogP contribution in [0.2, 0.25) is 0 Å². The number of amides is 1. The number of aryl methyl sites for hydroxylation is 1. The lowest BCUT2D eigenvalue weighted by molar-refractivity contribution is 0.0936. The number of carbonyl (C=O) groups is 1. The number of aromatic nitrogens is 4. The quantitative estimate of drug-likeness (QED) is 0.670. The predicted octanol–water partition coefficient (Wildman–Crippen LogP) is 2.28. The van der Waals surface area contributed by atoms with Crippen molar-refractivity contribution in [2.45, 2.75) is 31.9 Å². The molecule has 4 rings (SSSR count). The third-order valence-electron chi connectivity index (χ3n) is 4.64. The number of halogens is 2. The van der Waals surface area contributed by atoms with Crippen molar-refractivity contribution in [3.8, 4) is 11.4 Å². The molecule has 2 aromatic heterocycles. The Kier molecular flexibility index (Phi) is 4.86. The van der Waals surface area contributed by atoms with E-state index in [9.17, 15) is 13.6 Å². The van der Waals surface area contributed by atoms with Gasteiger partial charge in [0.05, 0.1) is 31.0 Å². The maximum absolute atomic E-state index is 12.6. The van der Waals surface area contributed by atoms with E-state index in [0.717, 1.165) is 24.0 Å². The Morgan fingerprint density at radius 1 is 1.43 bits per heavy atom. The number of hydrogen-bond donors (Lipinski definition) is 2. The van der Waals surface area contributed by atoms with Crippen molar-refractivity contribution >= 4 is 5.91 Å². The van der Waals surface area contributed by atoms with Gasteiger partial charge in [0.2, 0.25) is 5.82 Å². The van der Waals surface area contributed by atoms with Gasteiger partial charge in [-0.2, -0.15) is 18.9 Å². The molecule has 1 amide bonds. The molecule has 3 aromatic rings. The molecule has 0 spiro atoms. The Balaban J connectivity index is 1.49. The summed E-state index contributed by atoms with van der Waals surface area (Å²) in [5.41, 5.74) is 2.98. The van der Waals surface area contributed by atoms with Gasteiger partial charge in [0.25, 0.3) is 11.8 Å². The Bertz CT molecular complexity index is 1000. The zero-order valence-corrected chi connectivity index (χ0v) is 14.7. The van der Waals surface area contributed by atoms with Crippen molar-refractivity contribution in [3.63, 3.8) is 0 Å². The molecule has 1 aliphatic carbocycles. The molecule has 10 heteroatoms. The van der Waals surface area contributed by atoms with Gasteiger partial charge < -0.3 is 14.9 Å². The van der Waals surface area contributed by atoms with E-state index in [4.69, 9.17) is 5.11 Å². The fourth-order valence-corrected chi connectivity index (χ4v) is 3.29. The van der Waals surface area contributed by atoms with E-state index in [2.05, 4.69) is 25.1 Å². The Morgan fingerprint density at radius 2 is 2.29 bits per heavy atom. The number of rotatable bonds is 6. The first-order valence-corrected chi connectivity index (χ1v) is 8.74. The number of carbonyl (C=O) groups excluding carboxylic acids is 1. The van der Waals surface area contributed by atoms with Crippen LogP contribution in [0.25, 0.3) is 11.4 Å². The maximum atomic E-state index is 12.6.